The third-order valence-electron chi connectivity index (χ3n) is 1.59. The van der Waals surface area contributed by atoms with Gasteiger partial charge in [-0.25, -0.2) is 0 Å². The van der Waals surface area contributed by atoms with Crippen LogP contribution in [0.1, 0.15) is 6.42 Å². The van der Waals surface area contributed by atoms with Gasteiger partial charge in [0.15, 0.2) is 0 Å². The van der Waals surface area contributed by atoms with Crippen molar-refractivity contribution in [3.05, 3.63) is 0 Å². The molecule has 0 atom stereocenters. The Morgan fingerprint density at radius 3 is 3.09 bits per heavy atom. The van der Waals surface area contributed by atoms with Gasteiger partial charge in [0.25, 0.3) is 0 Å². The number of esters is 1. The zero-order valence-corrected chi connectivity index (χ0v) is 6.28. The van der Waals surface area contributed by atoms with Crippen LogP contribution in [0.4, 0.5) is 0 Å². The molecule has 0 amide bonds. The normalized spacial score (nSPS) is 19.5. The lowest BCUT2D eigenvalue weighted by atomic mass is 10.3. The van der Waals surface area contributed by atoms with Gasteiger partial charge in [0.2, 0.25) is 0 Å². The van der Waals surface area contributed by atoms with Crippen molar-refractivity contribution in [3.8, 4) is 0 Å². The highest BCUT2D eigenvalue weighted by Crippen LogP contribution is 1.97. The summed E-state index contributed by atoms with van der Waals surface area (Å²) in [7, 11) is 0. The smallest absolute Gasteiger partial charge is 0.320 e. The minimum atomic E-state index is -0.192. The van der Waals surface area contributed by atoms with Crippen molar-refractivity contribution in [2.75, 3.05) is 26.2 Å². The molecule has 1 heterocycles. The molecule has 1 aliphatic heterocycles. The molecule has 62 valence electrons. The van der Waals surface area contributed by atoms with Crippen LogP contribution < -0.4 is 0 Å². The fraction of sp³-hybridized carbons (Fsp3) is 0.714. The number of ether oxygens (including phenoxy) is 1. The van der Waals surface area contributed by atoms with Crippen molar-refractivity contribution in [3.63, 3.8) is 0 Å². The SMILES string of the molecule is O=CCCN1CCOC(=O)C1. The molecule has 1 rings (SSSR count). The summed E-state index contributed by atoms with van der Waals surface area (Å²) in [5, 5.41) is 0. The number of rotatable bonds is 3. The standard InChI is InChI=1S/C7H11NO3/c9-4-1-2-8-3-5-11-7(10)6-8/h4H,1-3,5-6H2. The van der Waals surface area contributed by atoms with Crippen LogP contribution in [0.2, 0.25) is 0 Å². The van der Waals surface area contributed by atoms with E-state index in [1.807, 2.05) is 4.90 Å². The Morgan fingerprint density at radius 2 is 2.45 bits per heavy atom. The summed E-state index contributed by atoms with van der Waals surface area (Å²) in [6.07, 6.45) is 1.35. The summed E-state index contributed by atoms with van der Waals surface area (Å²) in [4.78, 5) is 22.6. The Labute approximate surface area is 65.1 Å². The molecule has 0 unspecified atom stereocenters. The first kappa shape index (κ1) is 8.20. The highest BCUT2D eigenvalue weighted by atomic mass is 16.5. The van der Waals surface area contributed by atoms with E-state index in [1.165, 1.54) is 0 Å². The van der Waals surface area contributed by atoms with E-state index < -0.39 is 0 Å². The fourth-order valence-corrected chi connectivity index (χ4v) is 1.02. The van der Waals surface area contributed by atoms with Gasteiger partial charge < -0.3 is 9.53 Å². The number of hydrogen-bond donors (Lipinski definition) is 0. The van der Waals surface area contributed by atoms with E-state index in [0.29, 0.717) is 26.1 Å². The molecule has 4 heteroatoms. The third kappa shape index (κ3) is 2.67. The first-order valence-corrected chi connectivity index (χ1v) is 3.64. The quantitative estimate of drug-likeness (QED) is 0.407. The zero-order chi connectivity index (χ0) is 8.10. The van der Waals surface area contributed by atoms with Gasteiger partial charge in [0.05, 0.1) is 6.54 Å². The van der Waals surface area contributed by atoms with Gasteiger partial charge in [-0.05, 0) is 0 Å². The van der Waals surface area contributed by atoms with Crippen LogP contribution in [0.3, 0.4) is 0 Å². The van der Waals surface area contributed by atoms with Gasteiger partial charge in [-0.3, -0.25) is 9.69 Å². The molecule has 0 aliphatic carbocycles. The van der Waals surface area contributed by atoms with Crippen molar-refractivity contribution < 1.29 is 14.3 Å². The summed E-state index contributed by atoms with van der Waals surface area (Å²) in [5.74, 6) is -0.192. The zero-order valence-electron chi connectivity index (χ0n) is 6.28. The number of morpholine rings is 1. The second-order valence-corrected chi connectivity index (χ2v) is 2.45. The average molecular weight is 157 g/mol. The maximum absolute atomic E-state index is 10.7. The molecule has 11 heavy (non-hydrogen) atoms. The lowest BCUT2D eigenvalue weighted by Crippen LogP contribution is -2.40. The van der Waals surface area contributed by atoms with Crippen LogP contribution in [0.5, 0.6) is 0 Å². The van der Waals surface area contributed by atoms with E-state index in [-0.39, 0.29) is 5.97 Å². The molecule has 0 aromatic heterocycles. The number of aldehydes is 1. The van der Waals surface area contributed by atoms with Gasteiger partial charge in [0, 0.05) is 19.5 Å². The van der Waals surface area contributed by atoms with Crippen molar-refractivity contribution in [1.82, 2.24) is 4.90 Å². The fourth-order valence-electron chi connectivity index (χ4n) is 1.02. The molecule has 1 aliphatic rings. The molecule has 0 radical (unpaired) electrons. The van der Waals surface area contributed by atoms with Gasteiger partial charge >= 0.3 is 5.97 Å². The Balaban J connectivity index is 2.22. The summed E-state index contributed by atoms with van der Waals surface area (Å²) in [5.41, 5.74) is 0. The molecule has 0 bridgehead atoms. The first-order valence-electron chi connectivity index (χ1n) is 3.64. The molecule has 0 saturated carbocycles. The summed E-state index contributed by atoms with van der Waals surface area (Å²) >= 11 is 0. The lowest BCUT2D eigenvalue weighted by molar-refractivity contribution is -0.150. The van der Waals surface area contributed by atoms with Crippen molar-refractivity contribution in [2.45, 2.75) is 6.42 Å². The molecule has 0 spiro atoms. The molecule has 0 aromatic rings. The topological polar surface area (TPSA) is 46.6 Å². The maximum Gasteiger partial charge on any atom is 0.320 e. The maximum atomic E-state index is 10.7. The molecule has 1 saturated heterocycles. The number of carbonyl (C=O) groups excluding carboxylic acids is 2. The Hall–Kier alpha value is -0.900. The molecular formula is C7H11NO3. The van der Waals surface area contributed by atoms with Crippen LogP contribution >= 0.6 is 0 Å². The lowest BCUT2D eigenvalue weighted by Gasteiger charge is -2.24. The van der Waals surface area contributed by atoms with Crippen LogP contribution in [-0.2, 0) is 14.3 Å². The van der Waals surface area contributed by atoms with Gasteiger partial charge in [-0.2, -0.15) is 0 Å². The highest BCUT2D eigenvalue weighted by Gasteiger charge is 2.16. The van der Waals surface area contributed by atoms with E-state index >= 15 is 0 Å². The van der Waals surface area contributed by atoms with E-state index in [0.717, 1.165) is 12.8 Å². The summed E-state index contributed by atoms with van der Waals surface area (Å²) < 4.78 is 4.72. The predicted octanol–water partition coefficient (Wildman–Crippen LogP) is -0.566. The minimum absolute atomic E-state index is 0.192. The molecule has 0 N–H and O–H groups in total. The van der Waals surface area contributed by atoms with Crippen LogP contribution in [-0.4, -0.2) is 43.4 Å². The van der Waals surface area contributed by atoms with E-state index in [2.05, 4.69) is 0 Å². The molecule has 1 fully saturated rings. The number of carbonyl (C=O) groups is 2. The molecule has 4 nitrogen and oxygen atoms in total. The van der Waals surface area contributed by atoms with Crippen LogP contribution in [0, 0.1) is 0 Å². The molecule has 0 aromatic carbocycles. The number of nitrogens with zero attached hydrogens (tertiary/aromatic N) is 1. The number of hydrogen-bond acceptors (Lipinski definition) is 4. The van der Waals surface area contributed by atoms with E-state index in [1.54, 1.807) is 0 Å². The largest absolute Gasteiger partial charge is 0.463 e. The van der Waals surface area contributed by atoms with Gasteiger partial charge in [0.1, 0.15) is 12.9 Å². The van der Waals surface area contributed by atoms with E-state index in [9.17, 15) is 9.59 Å². The third-order valence-corrected chi connectivity index (χ3v) is 1.59. The van der Waals surface area contributed by atoms with Crippen LogP contribution in [0.25, 0.3) is 0 Å². The van der Waals surface area contributed by atoms with Gasteiger partial charge in [-0.15, -0.1) is 0 Å². The molecular weight excluding hydrogens is 146 g/mol. The summed E-state index contributed by atoms with van der Waals surface area (Å²) in [6.45, 7) is 2.20. The predicted molar refractivity (Wildman–Crippen MR) is 38.1 cm³/mol. The second-order valence-electron chi connectivity index (χ2n) is 2.45. The Kier molecular flexibility index (Phi) is 3.04. The van der Waals surface area contributed by atoms with Crippen molar-refractivity contribution >= 4 is 12.3 Å². The van der Waals surface area contributed by atoms with Crippen molar-refractivity contribution in [1.29, 1.82) is 0 Å². The minimum Gasteiger partial charge on any atom is -0.463 e. The summed E-state index contributed by atoms with van der Waals surface area (Å²) in [6, 6.07) is 0. The second kappa shape index (κ2) is 4.08. The Morgan fingerprint density at radius 1 is 1.64 bits per heavy atom. The van der Waals surface area contributed by atoms with Gasteiger partial charge in [-0.1, -0.05) is 0 Å². The van der Waals surface area contributed by atoms with E-state index in [4.69, 9.17) is 4.74 Å². The number of cyclic esters (lactones) is 1. The van der Waals surface area contributed by atoms with Crippen LogP contribution in [0.15, 0.2) is 0 Å². The Bertz CT molecular complexity index is 158. The monoisotopic (exact) mass is 157 g/mol. The first-order chi connectivity index (χ1) is 5.33. The van der Waals surface area contributed by atoms with Crippen molar-refractivity contribution in [2.24, 2.45) is 0 Å². The highest BCUT2D eigenvalue weighted by molar-refractivity contribution is 5.72. The average Bonchev–Trinajstić information content (AvgIpc) is 2.01.